The van der Waals surface area contributed by atoms with Crippen LogP contribution < -0.4 is 4.74 Å². The van der Waals surface area contributed by atoms with E-state index in [0.29, 0.717) is 31.6 Å². The monoisotopic (exact) mass is 414 g/mol. The lowest BCUT2D eigenvalue weighted by Crippen LogP contribution is -2.39. The summed E-state index contributed by atoms with van der Waals surface area (Å²) in [6.45, 7) is 2.88. The molecule has 0 aliphatic carbocycles. The zero-order valence-corrected chi connectivity index (χ0v) is 17.3. The first-order chi connectivity index (χ1) is 14.5. The molecule has 0 saturated carbocycles. The van der Waals surface area contributed by atoms with Crippen molar-refractivity contribution in [1.29, 1.82) is 0 Å². The highest BCUT2D eigenvalue weighted by Gasteiger charge is 2.30. The second kappa shape index (κ2) is 10.2. The molecule has 7 heteroatoms. The zero-order valence-electron chi connectivity index (χ0n) is 17.3. The van der Waals surface area contributed by atoms with Gasteiger partial charge in [0.2, 0.25) is 11.8 Å². The Morgan fingerprint density at radius 3 is 2.53 bits per heavy atom. The van der Waals surface area contributed by atoms with E-state index < -0.39 is 6.10 Å². The highest BCUT2D eigenvalue weighted by Crippen LogP contribution is 2.17. The standard InChI is InChI=1S/C23H27FN2O4/c1-3-22(27)26-14-20(30-16-18-6-4-5-7-21(18)24)13-25(23(28)15-26)12-17-8-10-19(29-2)11-9-17/h4-11,20H,3,12-16H2,1-2H3. The fourth-order valence-electron chi connectivity index (χ4n) is 3.43. The number of ether oxygens (including phenoxy) is 2. The lowest BCUT2D eigenvalue weighted by molar-refractivity contribution is -0.138. The van der Waals surface area contributed by atoms with Crippen molar-refractivity contribution in [3.05, 3.63) is 65.5 Å². The third-order valence-electron chi connectivity index (χ3n) is 5.15. The normalized spacial score (nSPS) is 17.0. The van der Waals surface area contributed by atoms with Gasteiger partial charge in [0.15, 0.2) is 0 Å². The number of carbonyl (C=O) groups is 2. The molecule has 1 saturated heterocycles. The average Bonchev–Trinajstić information content (AvgIpc) is 2.92. The summed E-state index contributed by atoms with van der Waals surface area (Å²) in [7, 11) is 1.60. The molecule has 1 atom stereocenters. The van der Waals surface area contributed by atoms with Crippen LogP contribution in [-0.2, 0) is 27.5 Å². The lowest BCUT2D eigenvalue weighted by atomic mass is 10.2. The van der Waals surface area contributed by atoms with E-state index in [-0.39, 0.29) is 30.8 Å². The van der Waals surface area contributed by atoms with Gasteiger partial charge in [0, 0.05) is 31.6 Å². The van der Waals surface area contributed by atoms with Gasteiger partial charge in [-0.3, -0.25) is 9.59 Å². The Labute approximate surface area is 176 Å². The molecule has 160 valence electrons. The van der Waals surface area contributed by atoms with E-state index in [1.165, 1.54) is 11.0 Å². The fourth-order valence-corrected chi connectivity index (χ4v) is 3.43. The summed E-state index contributed by atoms with van der Waals surface area (Å²) in [5.41, 5.74) is 1.40. The summed E-state index contributed by atoms with van der Waals surface area (Å²) in [4.78, 5) is 28.4. The van der Waals surface area contributed by atoms with Gasteiger partial charge >= 0.3 is 0 Å². The molecule has 2 amide bonds. The molecule has 6 nitrogen and oxygen atoms in total. The summed E-state index contributed by atoms with van der Waals surface area (Å²) in [6, 6.07) is 13.9. The molecule has 1 aliphatic heterocycles. The second-order valence-corrected chi connectivity index (χ2v) is 7.27. The van der Waals surface area contributed by atoms with Gasteiger partial charge in [0.1, 0.15) is 11.6 Å². The van der Waals surface area contributed by atoms with Crippen molar-refractivity contribution in [2.45, 2.75) is 32.6 Å². The van der Waals surface area contributed by atoms with Crippen molar-refractivity contribution in [2.24, 2.45) is 0 Å². The molecular weight excluding hydrogens is 387 g/mol. The van der Waals surface area contributed by atoms with Gasteiger partial charge in [0.25, 0.3) is 0 Å². The largest absolute Gasteiger partial charge is 0.497 e. The number of carbonyl (C=O) groups excluding carboxylic acids is 2. The van der Waals surface area contributed by atoms with Crippen LogP contribution in [-0.4, -0.2) is 54.5 Å². The third kappa shape index (κ3) is 5.57. The van der Waals surface area contributed by atoms with E-state index in [9.17, 15) is 14.0 Å². The summed E-state index contributed by atoms with van der Waals surface area (Å²) < 4.78 is 25.1. The number of hydrogen-bond acceptors (Lipinski definition) is 4. The van der Waals surface area contributed by atoms with Crippen LogP contribution in [0.1, 0.15) is 24.5 Å². The van der Waals surface area contributed by atoms with Crippen LogP contribution in [0.2, 0.25) is 0 Å². The number of rotatable bonds is 7. The van der Waals surface area contributed by atoms with E-state index in [0.717, 1.165) is 11.3 Å². The predicted molar refractivity (Wildman–Crippen MR) is 110 cm³/mol. The molecule has 0 aromatic heterocycles. The van der Waals surface area contributed by atoms with Gasteiger partial charge in [-0.15, -0.1) is 0 Å². The summed E-state index contributed by atoms with van der Waals surface area (Å²) in [5, 5.41) is 0. The van der Waals surface area contributed by atoms with Crippen LogP contribution in [0.5, 0.6) is 5.75 Å². The minimum atomic E-state index is -0.412. The molecular formula is C23H27FN2O4. The number of nitrogens with zero attached hydrogens (tertiary/aromatic N) is 2. The second-order valence-electron chi connectivity index (χ2n) is 7.27. The minimum Gasteiger partial charge on any atom is -0.497 e. The van der Waals surface area contributed by atoms with Gasteiger partial charge in [-0.05, 0) is 23.8 Å². The Balaban J connectivity index is 1.74. The van der Waals surface area contributed by atoms with Gasteiger partial charge < -0.3 is 19.3 Å². The maximum atomic E-state index is 14.0. The summed E-state index contributed by atoms with van der Waals surface area (Å²) in [5.74, 6) is 0.171. The minimum absolute atomic E-state index is 0.0163. The number of hydrogen-bond donors (Lipinski definition) is 0. The number of amides is 2. The van der Waals surface area contributed by atoms with Crippen LogP contribution in [0.15, 0.2) is 48.5 Å². The SMILES string of the molecule is CCC(=O)N1CC(=O)N(Cc2ccc(OC)cc2)CC(OCc2ccccc2F)C1. The molecule has 2 aromatic carbocycles. The van der Waals surface area contributed by atoms with Gasteiger partial charge in [-0.25, -0.2) is 4.39 Å². The molecule has 0 radical (unpaired) electrons. The molecule has 2 aromatic rings. The summed E-state index contributed by atoms with van der Waals surface area (Å²) >= 11 is 0. The van der Waals surface area contributed by atoms with Crippen molar-refractivity contribution in [3.63, 3.8) is 0 Å². The maximum Gasteiger partial charge on any atom is 0.242 e. The van der Waals surface area contributed by atoms with Gasteiger partial charge in [-0.1, -0.05) is 37.3 Å². The Bertz CT molecular complexity index is 872. The van der Waals surface area contributed by atoms with Crippen LogP contribution in [0.25, 0.3) is 0 Å². The molecule has 0 spiro atoms. The molecule has 1 unspecified atom stereocenters. The van der Waals surface area contributed by atoms with Crippen molar-refractivity contribution in [3.8, 4) is 5.75 Å². The van der Waals surface area contributed by atoms with Crippen molar-refractivity contribution >= 4 is 11.8 Å². The fraction of sp³-hybridized carbons (Fsp3) is 0.391. The predicted octanol–water partition coefficient (Wildman–Crippen LogP) is 3.00. The number of benzene rings is 2. The Hall–Kier alpha value is -2.93. The molecule has 1 heterocycles. The van der Waals surface area contributed by atoms with Gasteiger partial charge in [-0.2, -0.15) is 0 Å². The average molecular weight is 414 g/mol. The van der Waals surface area contributed by atoms with Crippen LogP contribution >= 0.6 is 0 Å². The summed E-state index contributed by atoms with van der Waals surface area (Å²) in [6.07, 6.45) is -0.101. The molecule has 0 N–H and O–H groups in total. The van der Waals surface area contributed by atoms with E-state index >= 15 is 0 Å². The molecule has 30 heavy (non-hydrogen) atoms. The molecule has 0 bridgehead atoms. The molecule has 1 aliphatic rings. The highest BCUT2D eigenvalue weighted by molar-refractivity contribution is 5.85. The maximum absolute atomic E-state index is 14.0. The Kier molecular flexibility index (Phi) is 7.41. The smallest absolute Gasteiger partial charge is 0.242 e. The van der Waals surface area contributed by atoms with Gasteiger partial charge in [0.05, 0.1) is 26.4 Å². The van der Waals surface area contributed by atoms with Crippen LogP contribution in [0, 0.1) is 5.82 Å². The van der Waals surface area contributed by atoms with Crippen molar-refractivity contribution < 1.29 is 23.5 Å². The first-order valence-corrected chi connectivity index (χ1v) is 10.0. The van der Waals surface area contributed by atoms with Crippen molar-refractivity contribution in [1.82, 2.24) is 9.80 Å². The Morgan fingerprint density at radius 1 is 1.13 bits per heavy atom. The van der Waals surface area contributed by atoms with E-state index in [2.05, 4.69) is 0 Å². The van der Waals surface area contributed by atoms with E-state index in [1.54, 1.807) is 37.1 Å². The van der Waals surface area contributed by atoms with Crippen LogP contribution in [0.4, 0.5) is 4.39 Å². The molecule has 3 rings (SSSR count). The van der Waals surface area contributed by atoms with E-state index in [4.69, 9.17) is 9.47 Å². The number of methoxy groups -OCH3 is 1. The number of halogens is 1. The first kappa shape index (κ1) is 21.8. The third-order valence-corrected chi connectivity index (χ3v) is 5.15. The zero-order chi connectivity index (χ0) is 21.5. The quantitative estimate of drug-likeness (QED) is 0.699. The van der Waals surface area contributed by atoms with Crippen molar-refractivity contribution in [2.75, 3.05) is 26.7 Å². The lowest BCUT2D eigenvalue weighted by Gasteiger charge is -2.25. The van der Waals surface area contributed by atoms with E-state index in [1.807, 2.05) is 24.3 Å². The van der Waals surface area contributed by atoms with Crippen LogP contribution in [0.3, 0.4) is 0 Å². The topological polar surface area (TPSA) is 59.1 Å². The highest BCUT2D eigenvalue weighted by atomic mass is 19.1. The first-order valence-electron chi connectivity index (χ1n) is 10.0. The molecule has 1 fully saturated rings. The Morgan fingerprint density at radius 2 is 1.87 bits per heavy atom.